The molecule has 2 aromatic heterocycles. The molecule has 0 amide bonds. The van der Waals surface area contributed by atoms with Crippen molar-refractivity contribution in [1.82, 2.24) is 0 Å². The molecule has 0 unspecified atom stereocenters. The Balaban J connectivity index is 1.09. The van der Waals surface area contributed by atoms with E-state index >= 15 is 0 Å². The number of hydrogen-bond acceptors (Lipinski definition) is 4. The average molecular weight is 795 g/mol. The van der Waals surface area contributed by atoms with Gasteiger partial charge in [-0.3, -0.25) is 4.79 Å². The van der Waals surface area contributed by atoms with Crippen LogP contribution in [0.3, 0.4) is 0 Å². The summed E-state index contributed by atoms with van der Waals surface area (Å²) in [6.07, 6.45) is 1.48. The van der Waals surface area contributed by atoms with Crippen molar-refractivity contribution in [2.75, 3.05) is 4.90 Å². The highest BCUT2D eigenvalue weighted by Crippen LogP contribution is 2.53. The third-order valence-electron chi connectivity index (χ3n) is 12.1. The number of anilines is 3. The normalized spacial score (nSPS) is 14.6. The van der Waals surface area contributed by atoms with Crippen LogP contribution in [0.25, 0.3) is 43.6 Å². The fourth-order valence-electron chi connectivity index (χ4n) is 8.88. The third-order valence-corrected chi connectivity index (χ3v) is 20.4. The monoisotopic (exact) mass is 794 g/mol. The van der Waals surface area contributed by atoms with Crippen LogP contribution in [0, 0.1) is 6.57 Å². The molecule has 0 saturated carbocycles. The van der Waals surface area contributed by atoms with Gasteiger partial charge in [-0.15, -0.1) is 22.7 Å². The van der Waals surface area contributed by atoms with E-state index in [0.29, 0.717) is 0 Å². The van der Waals surface area contributed by atoms with E-state index in [4.69, 9.17) is 6.57 Å². The highest BCUT2D eigenvalue weighted by Gasteiger charge is 2.38. The maximum absolute atomic E-state index is 11.4. The number of carbonyl (C=O) groups is 1. The summed E-state index contributed by atoms with van der Waals surface area (Å²) in [4.78, 5) is 19.1. The predicted molar refractivity (Wildman–Crippen MR) is 243 cm³/mol. The van der Waals surface area contributed by atoms with E-state index < -0.39 is 14.0 Å². The molecular weight excluding hydrogens is 753 g/mol. The van der Waals surface area contributed by atoms with Gasteiger partial charge in [0.1, 0.15) is 8.07 Å². The molecule has 2 heterocycles. The Kier molecular flexibility index (Phi) is 8.67. The smallest absolute Gasteiger partial charge is 0.333 e. The first-order valence-electron chi connectivity index (χ1n) is 19.2. The Morgan fingerprint density at radius 1 is 0.632 bits per heavy atom. The molecule has 0 atom stereocenters. The number of carboxylic acid groups (broad SMARTS) is 1. The summed E-state index contributed by atoms with van der Waals surface area (Å²) in [7, 11) is -2.07. The van der Waals surface area contributed by atoms with Crippen molar-refractivity contribution < 1.29 is 9.90 Å². The molecule has 2 aliphatic rings. The molecule has 0 spiro atoms. The summed E-state index contributed by atoms with van der Waals surface area (Å²) >= 11 is 3.43. The largest absolute Gasteiger partial charge is 0.486 e. The van der Waals surface area contributed by atoms with Gasteiger partial charge in [0.25, 0.3) is 5.70 Å². The second-order valence-electron chi connectivity index (χ2n) is 16.6. The van der Waals surface area contributed by atoms with Crippen LogP contribution >= 0.6 is 22.7 Å². The number of nitrogens with zero attached hydrogens (tertiary/aromatic N) is 2. The van der Waals surface area contributed by atoms with Gasteiger partial charge in [-0.2, -0.15) is 0 Å². The van der Waals surface area contributed by atoms with E-state index in [-0.39, 0.29) is 16.5 Å². The van der Waals surface area contributed by atoms with Gasteiger partial charge in [-0.05, 0) is 114 Å². The molecule has 4 nitrogen and oxygen atoms in total. The summed E-state index contributed by atoms with van der Waals surface area (Å²) < 4.78 is 2.61. The SMILES string of the molecule is [C-]#[N+]C(=Cc1ccc([Si](C)(C)c2ccc(-c3ccc(N(c4ccc5c(c4)C(C)(C)c4ccccc4-5)c4ccc5c(c4)C(C)(C)c4ccccc4-5)cc3)s2)s1)C(=O)O. The maximum Gasteiger partial charge on any atom is 0.333 e. The van der Waals surface area contributed by atoms with Crippen LogP contribution in [-0.2, 0) is 15.6 Å². The van der Waals surface area contributed by atoms with E-state index in [1.54, 1.807) is 11.3 Å². The van der Waals surface area contributed by atoms with Gasteiger partial charge in [0, 0.05) is 37.6 Å². The summed E-state index contributed by atoms with van der Waals surface area (Å²) in [5.41, 5.74) is 14.7. The summed E-state index contributed by atoms with van der Waals surface area (Å²) in [5, 5.41) is 9.35. The van der Waals surface area contributed by atoms with Crippen LogP contribution in [0.1, 0.15) is 54.8 Å². The summed E-state index contributed by atoms with van der Waals surface area (Å²) in [6.45, 7) is 21.3. The molecule has 9 rings (SSSR count). The predicted octanol–water partition coefficient (Wildman–Crippen LogP) is 12.7. The molecule has 0 bridgehead atoms. The maximum atomic E-state index is 11.4. The van der Waals surface area contributed by atoms with Gasteiger partial charge in [0.15, 0.2) is 0 Å². The van der Waals surface area contributed by atoms with E-state index in [0.717, 1.165) is 21.9 Å². The lowest BCUT2D eigenvalue weighted by molar-refractivity contribution is -0.132. The minimum Gasteiger partial charge on any atom is -0.486 e. The Hall–Kier alpha value is -5.78. The lowest BCUT2D eigenvalue weighted by Crippen LogP contribution is -2.49. The molecule has 280 valence electrons. The second kappa shape index (κ2) is 13.4. The van der Waals surface area contributed by atoms with Crippen molar-refractivity contribution in [1.29, 1.82) is 0 Å². The van der Waals surface area contributed by atoms with Crippen LogP contribution in [0.4, 0.5) is 17.1 Å². The van der Waals surface area contributed by atoms with Gasteiger partial charge in [0.05, 0.1) is 6.57 Å². The van der Waals surface area contributed by atoms with Crippen molar-refractivity contribution in [2.45, 2.75) is 51.6 Å². The van der Waals surface area contributed by atoms with Gasteiger partial charge >= 0.3 is 5.97 Å². The Bertz CT molecular complexity index is 2730. The van der Waals surface area contributed by atoms with Gasteiger partial charge in [-0.25, -0.2) is 4.85 Å². The molecule has 0 radical (unpaired) electrons. The van der Waals surface area contributed by atoms with Crippen LogP contribution < -0.4 is 13.9 Å². The molecule has 7 aromatic rings. The number of aliphatic carboxylic acids is 1. The molecule has 0 saturated heterocycles. The number of benzene rings is 5. The van der Waals surface area contributed by atoms with E-state index in [2.05, 4.69) is 178 Å². The zero-order valence-corrected chi connectivity index (χ0v) is 35.5. The molecule has 7 heteroatoms. The minimum atomic E-state index is -2.07. The topological polar surface area (TPSA) is 44.9 Å². The fraction of sp³-hybridized carbons (Fsp3) is 0.160. The van der Waals surface area contributed by atoms with E-state index in [1.807, 2.05) is 17.4 Å². The van der Waals surface area contributed by atoms with Crippen LogP contribution in [0.2, 0.25) is 13.1 Å². The molecule has 1 N–H and O–H groups in total. The summed E-state index contributed by atoms with van der Waals surface area (Å²) in [6, 6.07) is 49.2. The third kappa shape index (κ3) is 5.94. The summed E-state index contributed by atoms with van der Waals surface area (Å²) in [5.74, 6) is -1.20. The van der Waals surface area contributed by atoms with Crippen LogP contribution in [-0.4, -0.2) is 19.1 Å². The minimum absolute atomic E-state index is 0.118. The van der Waals surface area contributed by atoms with E-state index in [9.17, 15) is 9.90 Å². The van der Waals surface area contributed by atoms with Crippen molar-refractivity contribution in [3.05, 3.63) is 178 Å². The lowest BCUT2D eigenvalue weighted by atomic mass is 9.82. The standard InChI is InChI=1S/C50H42N2O2S2Si/c1-49(2)40-14-10-8-12-36(40)38-23-20-33(28-42(38)49)52(34-21-24-39-37-13-9-11-15-41(37)50(3,4)43(39)29-34)32-18-16-31(17-19-32)45-25-27-47(56-45)57(6,7)46-26-22-35(55-46)30-44(51-5)48(53)54/h8-30H,1-4,6-7H3,(H,53,54). The average Bonchev–Trinajstić information content (AvgIpc) is 3.99. The molecule has 0 fully saturated rings. The Labute approximate surface area is 343 Å². The molecular formula is C50H42N2O2S2Si. The van der Waals surface area contributed by atoms with Gasteiger partial charge < -0.3 is 10.0 Å². The van der Waals surface area contributed by atoms with Crippen LogP contribution in [0.15, 0.2) is 139 Å². The molecule has 57 heavy (non-hydrogen) atoms. The first kappa shape index (κ1) is 36.8. The number of hydrogen-bond donors (Lipinski definition) is 1. The molecule has 2 aliphatic carbocycles. The lowest BCUT2D eigenvalue weighted by Gasteiger charge is -2.30. The highest BCUT2D eigenvalue weighted by atomic mass is 32.1. The number of carboxylic acids is 1. The Morgan fingerprint density at radius 2 is 1.12 bits per heavy atom. The second-order valence-corrected chi connectivity index (χ2v) is 23.9. The van der Waals surface area contributed by atoms with Gasteiger partial charge in [-0.1, -0.05) is 126 Å². The highest BCUT2D eigenvalue weighted by molar-refractivity contribution is 7.37. The fourth-order valence-corrected chi connectivity index (χ4v) is 15.2. The van der Waals surface area contributed by atoms with Gasteiger partial charge in [0.2, 0.25) is 0 Å². The zero-order chi connectivity index (χ0) is 39.9. The van der Waals surface area contributed by atoms with Crippen molar-refractivity contribution in [3.63, 3.8) is 0 Å². The molecule has 0 aliphatic heterocycles. The first-order chi connectivity index (χ1) is 27.3. The number of rotatable bonds is 8. The first-order valence-corrected chi connectivity index (χ1v) is 23.8. The molecule has 5 aromatic carbocycles. The van der Waals surface area contributed by atoms with Crippen molar-refractivity contribution in [2.24, 2.45) is 0 Å². The number of fused-ring (bicyclic) bond motifs is 6. The number of thiophene rings is 2. The zero-order valence-electron chi connectivity index (χ0n) is 32.8. The quantitative estimate of drug-likeness (QED) is 0.0947. The van der Waals surface area contributed by atoms with E-state index in [1.165, 1.54) is 70.0 Å². The van der Waals surface area contributed by atoms with Crippen LogP contribution in [0.5, 0.6) is 0 Å². The van der Waals surface area contributed by atoms with Crippen molar-refractivity contribution in [3.8, 4) is 32.7 Å². The Morgan fingerprint density at radius 3 is 1.67 bits per heavy atom. The van der Waals surface area contributed by atoms with Crippen molar-refractivity contribution >= 4 is 68.9 Å².